The number of nitrogens with zero attached hydrogens (tertiary/aromatic N) is 3. The lowest BCUT2D eigenvalue weighted by molar-refractivity contribution is -0.143. The predicted molar refractivity (Wildman–Crippen MR) is 123 cm³/mol. The molecule has 10 heteroatoms. The van der Waals surface area contributed by atoms with E-state index in [9.17, 15) is 18.0 Å². The van der Waals surface area contributed by atoms with Crippen LogP contribution in [0.15, 0.2) is 53.2 Å². The number of aromatic nitrogens is 3. The first-order valence-corrected chi connectivity index (χ1v) is 11.1. The highest BCUT2D eigenvalue weighted by Crippen LogP contribution is 2.39. The molecule has 0 N–H and O–H groups in total. The van der Waals surface area contributed by atoms with Gasteiger partial charge in [0.05, 0.1) is 24.7 Å². The third kappa shape index (κ3) is 5.31. The molecule has 0 atom stereocenters. The van der Waals surface area contributed by atoms with Crippen LogP contribution >= 0.6 is 0 Å². The van der Waals surface area contributed by atoms with Crippen molar-refractivity contribution in [2.75, 3.05) is 6.61 Å². The Hall–Kier alpha value is -3.82. The molecule has 4 aromatic rings. The van der Waals surface area contributed by atoms with Crippen molar-refractivity contribution in [3.63, 3.8) is 0 Å². The Morgan fingerprint density at radius 3 is 2.69 bits per heavy atom. The summed E-state index contributed by atoms with van der Waals surface area (Å²) in [5.41, 5.74) is 0.728. The molecule has 7 nitrogen and oxygen atoms in total. The summed E-state index contributed by atoms with van der Waals surface area (Å²) in [5, 5.41) is 4.82. The van der Waals surface area contributed by atoms with E-state index in [0.29, 0.717) is 18.7 Å². The van der Waals surface area contributed by atoms with Gasteiger partial charge in [0.15, 0.2) is 0 Å². The zero-order valence-electron chi connectivity index (χ0n) is 19.4. The number of hydrogen-bond acceptors (Lipinski definition) is 6. The van der Waals surface area contributed by atoms with Gasteiger partial charge in [0.25, 0.3) is 5.89 Å². The quantitative estimate of drug-likeness (QED) is 0.279. The normalized spacial score (nSPS) is 11.9. The average molecular weight is 487 g/mol. The molecule has 0 aliphatic heterocycles. The minimum atomic E-state index is -4.61. The van der Waals surface area contributed by atoms with Gasteiger partial charge in [0.2, 0.25) is 5.82 Å². The summed E-state index contributed by atoms with van der Waals surface area (Å²) in [6, 6.07) is 11.0. The van der Waals surface area contributed by atoms with Crippen molar-refractivity contribution >= 4 is 16.9 Å². The smallest absolute Gasteiger partial charge is 0.419 e. The van der Waals surface area contributed by atoms with E-state index in [-0.39, 0.29) is 35.4 Å². The molecule has 0 aliphatic carbocycles. The van der Waals surface area contributed by atoms with Gasteiger partial charge in [-0.2, -0.15) is 18.2 Å². The van der Waals surface area contributed by atoms with Crippen LogP contribution in [0.5, 0.6) is 5.75 Å². The van der Waals surface area contributed by atoms with Gasteiger partial charge < -0.3 is 18.6 Å². The van der Waals surface area contributed by atoms with E-state index in [2.05, 4.69) is 10.1 Å². The van der Waals surface area contributed by atoms with E-state index in [1.807, 2.05) is 29.0 Å². The molecule has 0 bridgehead atoms. The Morgan fingerprint density at radius 1 is 1.17 bits per heavy atom. The standard InChI is InChI=1S/C25H24F3N3O4/c1-4-33-22(32)11-13-31-12-10-17-18(6-5-7-20(17)31)23-29-24(35-30-23)16-8-9-21(34-15(2)3)19(14-16)25(26,27)28/h5-10,12,14-15H,4,11,13H2,1-3H3. The Kier molecular flexibility index (Phi) is 6.81. The molecule has 0 amide bonds. The van der Waals surface area contributed by atoms with E-state index in [1.165, 1.54) is 12.1 Å². The Morgan fingerprint density at radius 2 is 1.97 bits per heavy atom. The Bertz CT molecular complexity index is 1340. The van der Waals surface area contributed by atoms with Crippen molar-refractivity contribution in [1.29, 1.82) is 0 Å². The van der Waals surface area contributed by atoms with Crippen LogP contribution in [-0.4, -0.2) is 33.4 Å². The number of halogens is 3. The van der Waals surface area contributed by atoms with Crippen LogP contribution in [0.2, 0.25) is 0 Å². The van der Waals surface area contributed by atoms with Crippen molar-refractivity contribution in [2.24, 2.45) is 0 Å². The molecule has 0 saturated heterocycles. The third-order valence-corrected chi connectivity index (χ3v) is 5.24. The fourth-order valence-electron chi connectivity index (χ4n) is 3.75. The summed E-state index contributed by atoms with van der Waals surface area (Å²) >= 11 is 0. The lowest BCUT2D eigenvalue weighted by Gasteiger charge is -2.16. The summed E-state index contributed by atoms with van der Waals surface area (Å²) < 4.78 is 58.4. The summed E-state index contributed by atoms with van der Waals surface area (Å²) in [6.45, 7) is 5.83. The molecule has 0 spiro atoms. The highest BCUT2D eigenvalue weighted by atomic mass is 19.4. The molecule has 35 heavy (non-hydrogen) atoms. The number of ether oxygens (including phenoxy) is 2. The topological polar surface area (TPSA) is 79.4 Å². The van der Waals surface area contributed by atoms with Gasteiger partial charge in [-0.15, -0.1) is 0 Å². The van der Waals surface area contributed by atoms with Crippen LogP contribution in [0, 0.1) is 0 Å². The lowest BCUT2D eigenvalue weighted by Crippen LogP contribution is -2.13. The summed E-state index contributed by atoms with van der Waals surface area (Å²) in [7, 11) is 0. The SMILES string of the molecule is CCOC(=O)CCn1ccc2c(-c3noc(-c4ccc(OC(C)C)c(C(F)(F)F)c4)n3)cccc21. The van der Waals surface area contributed by atoms with Gasteiger partial charge in [-0.05, 0) is 51.1 Å². The number of fused-ring (bicyclic) bond motifs is 1. The van der Waals surface area contributed by atoms with Crippen LogP contribution in [0.4, 0.5) is 13.2 Å². The molecule has 2 aromatic heterocycles. The number of carbonyl (C=O) groups is 1. The summed E-state index contributed by atoms with van der Waals surface area (Å²) in [6.07, 6.45) is -2.95. The van der Waals surface area contributed by atoms with Gasteiger partial charge in [-0.1, -0.05) is 17.3 Å². The molecule has 0 aliphatic rings. The van der Waals surface area contributed by atoms with Crippen molar-refractivity contribution < 1.29 is 32.0 Å². The molecule has 0 fully saturated rings. The molecule has 184 valence electrons. The van der Waals surface area contributed by atoms with Gasteiger partial charge in [-0.25, -0.2) is 0 Å². The highest BCUT2D eigenvalue weighted by Gasteiger charge is 2.35. The highest BCUT2D eigenvalue weighted by molar-refractivity contribution is 5.94. The molecule has 0 unspecified atom stereocenters. The Labute approximate surface area is 199 Å². The first-order valence-electron chi connectivity index (χ1n) is 11.1. The average Bonchev–Trinajstić information content (AvgIpc) is 3.44. The molecule has 2 heterocycles. The second-order valence-electron chi connectivity index (χ2n) is 8.10. The molecular weight excluding hydrogens is 463 g/mol. The minimum Gasteiger partial charge on any atom is -0.490 e. The third-order valence-electron chi connectivity index (χ3n) is 5.24. The number of aryl methyl sites for hydroxylation is 1. The van der Waals surface area contributed by atoms with Crippen LogP contribution < -0.4 is 4.74 Å². The van der Waals surface area contributed by atoms with Gasteiger partial charge in [0.1, 0.15) is 5.75 Å². The van der Waals surface area contributed by atoms with Crippen LogP contribution in [0.1, 0.15) is 32.8 Å². The minimum absolute atomic E-state index is 0.0413. The number of benzene rings is 2. The summed E-state index contributed by atoms with van der Waals surface area (Å²) in [5.74, 6) is -0.341. The van der Waals surface area contributed by atoms with Crippen molar-refractivity contribution in [1.82, 2.24) is 14.7 Å². The fourth-order valence-corrected chi connectivity index (χ4v) is 3.75. The Balaban J connectivity index is 1.65. The zero-order valence-corrected chi connectivity index (χ0v) is 19.4. The van der Waals surface area contributed by atoms with Crippen LogP contribution in [0.25, 0.3) is 33.7 Å². The lowest BCUT2D eigenvalue weighted by atomic mass is 10.1. The van der Waals surface area contributed by atoms with Gasteiger partial charge in [-0.3, -0.25) is 4.79 Å². The van der Waals surface area contributed by atoms with Crippen LogP contribution in [0.3, 0.4) is 0 Å². The number of esters is 1. The maximum absolute atomic E-state index is 13.6. The molecule has 2 aromatic carbocycles. The first-order chi connectivity index (χ1) is 16.7. The molecule has 0 radical (unpaired) electrons. The van der Waals surface area contributed by atoms with Crippen molar-refractivity contribution in [3.05, 3.63) is 54.2 Å². The zero-order chi connectivity index (χ0) is 25.2. The maximum Gasteiger partial charge on any atom is 0.419 e. The van der Waals surface area contributed by atoms with E-state index in [1.54, 1.807) is 26.8 Å². The molecule has 0 saturated carbocycles. The monoisotopic (exact) mass is 487 g/mol. The fraction of sp³-hybridized carbons (Fsp3) is 0.320. The van der Waals surface area contributed by atoms with E-state index < -0.39 is 17.8 Å². The first kappa shape index (κ1) is 24.3. The van der Waals surface area contributed by atoms with E-state index >= 15 is 0 Å². The maximum atomic E-state index is 13.6. The number of hydrogen-bond donors (Lipinski definition) is 0. The summed E-state index contributed by atoms with van der Waals surface area (Å²) in [4.78, 5) is 16.1. The molecular formula is C25H24F3N3O4. The number of carbonyl (C=O) groups excluding carboxylic acids is 1. The molecule has 4 rings (SSSR count). The van der Waals surface area contributed by atoms with Gasteiger partial charge in [0, 0.05) is 34.8 Å². The van der Waals surface area contributed by atoms with Crippen LogP contribution in [-0.2, 0) is 22.3 Å². The largest absolute Gasteiger partial charge is 0.490 e. The van der Waals surface area contributed by atoms with Gasteiger partial charge >= 0.3 is 12.1 Å². The number of rotatable bonds is 8. The van der Waals surface area contributed by atoms with Crippen molar-refractivity contribution in [3.8, 4) is 28.6 Å². The van der Waals surface area contributed by atoms with Crippen molar-refractivity contribution in [2.45, 2.75) is 46.0 Å². The van der Waals surface area contributed by atoms with E-state index in [0.717, 1.165) is 17.0 Å². The van der Waals surface area contributed by atoms with E-state index in [4.69, 9.17) is 14.0 Å². The predicted octanol–water partition coefficient (Wildman–Crippen LogP) is 6.12. The second-order valence-corrected chi connectivity index (χ2v) is 8.10. The second kappa shape index (κ2) is 9.81. The number of alkyl halides is 3.